The van der Waals surface area contributed by atoms with Gasteiger partial charge in [0, 0.05) is 31.0 Å². The van der Waals surface area contributed by atoms with Gasteiger partial charge in [0.25, 0.3) is 0 Å². The minimum absolute atomic E-state index is 0.109. The lowest BCUT2D eigenvalue weighted by atomic mass is 9.81. The molecule has 102 valence electrons. The lowest BCUT2D eigenvalue weighted by molar-refractivity contribution is -0.122. The molecule has 0 aromatic heterocycles. The molecule has 1 saturated carbocycles. The summed E-state index contributed by atoms with van der Waals surface area (Å²) in [4.78, 5) is 11.7. The van der Waals surface area contributed by atoms with E-state index in [1.807, 2.05) is 0 Å². The molecule has 2 aliphatic heterocycles. The van der Waals surface area contributed by atoms with E-state index in [1.54, 1.807) is 0 Å². The Bertz CT molecular complexity index is 458. The Kier molecular flexibility index (Phi) is 2.90. The first-order valence-corrected chi connectivity index (χ1v) is 8.45. The Morgan fingerprint density at radius 1 is 1.39 bits per heavy atom. The molecule has 0 bridgehead atoms. The number of rotatable bonds is 3. The summed E-state index contributed by atoms with van der Waals surface area (Å²) in [6.07, 6.45) is 3.59. The van der Waals surface area contributed by atoms with Crippen molar-refractivity contribution in [3.05, 3.63) is 0 Å². The van der Waals surface area contributed by atoms with Crippen LogP contribution in [-0.2, 0) is 14.6 Å². The van der Waals surface area contributed by atoms with E-state index < -0.39 is 9.84 Å². The fraction of sp³-hybridized carbons (Fsp3) is 0.917. The number of nitrogens with one attached hydrogen (secondary N) is 2. The van der Waals surface area contributed by atoms with Gasteiger partial charge in [-0.25, -0.2) is 8.42 Å². The zero-order valence-corrected chi connectivity index (χ0v) is 11.3. The number of carbonyl (C=O) groups excluding carboxylic acids is 1. The van der Waals surface area contributed by atoms with Gasteiger partial charge in [0.15, 0.2) is 9.84 Å². The van der Waals surface area contributed by atoms with Crippen molar-refractivity contribution in [2.75, 3.05) is 25.4 Å². The number of amides is 1. The van der Waals surface area contributed by atoms with Gasteiger partial charge in [0.1, 0.15) is 0 Å². The summed E-state index contributed by atoms with van der Waals surface area (Å²) in [6, 6.07) is 0. The molecule has 2 saturated heterocycles. The highest BCUT2D eigenvalue weighted by atomic mass is 32.2. The van der Waals surface area contributed by atoms with Crippen molar-refractivity contribution in [1.29, 1.82) is 0 Å². The summed E-state index contributed by atoms with van der Waals surface area (Å²) >= 11 is 0. The van der Waals surface area contributed by atoms with Crippen LogP contribution >= 0.6 is 0 Å². The van der Waals surface area contributed by atoms with Crippen molar-refractivity contribution in [2.45, 2.75) is 30.9 Å². The molecule has 1 aliphatic carbocycles. The van der Waals surface area contributed by atoms with Gasteiger partial charge < -0.3 is 10.6 Å². The fourth-order valence-corrected chi connectivity index (χ4v) is 5.57. The smallest absolute Gasteiger partial charge is 0.223 e. The normalized spacial score (nSPS) is 38.1. The molecule has 2 atom stereocenters. The van der Waals surface area contributed by atoms with Gasteiger partial charge in [-0.2, -0.15) is 0 Å². The minimum atomic E-state index is -2.99. The molecule has 2 N–H and O–H groups in total. The largest absolute Gasteiger partial charge is 0.355 e. The molecule has 2 heterocycles. The van der Waals surface area contributed by atoms with Gasteiger partial charge in [-0.3, -0.25) is 4.79 Å². The quantitative estimate of drug-likeness (QED) is 0.738. The highest BCUT2D eigenvalue weighted by Gasteiger charge is 2.52. The third-order valence-corrected chi connectivity index (χ3v) is 6.98. The first-order valence-electron chi connectivity index (χ1n) is 6.74. The second-order valence-electron chi connectivity index (χ2n) is 5.94. The predicted octanol–water partition coefficient (Wildman–Crippen LogP) is -0.321. The van der Waals surface area contributed by atoms with Crippen molar-refractivity contribution < 1.29 is 13.2 Å². The highest BCUT2D eigenvalue weighted by Crippen LogP contribution is 2.40. The molecule has 18 heavy (non-hydrogen) atoms. The molecule has 6 heteroatoms. The molecule has 5 nitrogen and oxygen atoms in total. The summed E-state index contributed by atoms with van der Waals surface area (Å²) in [6.45, 7) is 1.77. The van der Waals surface area contributed by atoms with Crippen LogP contribution in [-0.4, -0.2) is 45.0 Å². The van der Waals surface area contributed by atoms with Crippen LogP contribution in [0, 0.1) is 11.3 Å². The van der Waals surface area contributed by atoms with E-state index in [2.05, 4.69) is 10.6 Å². The van der Waals surface area contributed by atoms with E-state index in [-0.39, 0.29) is 22.5 Å². The third kappa shape index (κ3) is 2.05. The molecule has 0 radical (unpaired) electrons. The van der Waals surface area contributed by atoms with Gasteiger partial charge in [-0.15, -0.1) is 0 Å². The zero-order chi connectivity index (χ0) is 12.8. The van der Waals surface area contributed by atoms with E-state index in [1.165, 1.54) is 0 Å². The van der Waals surface area contributed by atoms with Crippen LogP contribution in [0.25, 0.3) is 0 Å². The average Bonchev–Trinajstić information content (AvgIpc) is 3.07. The van der Waals surface area contributed by atoms with Crippen LogP contribution in [0.2, 0.25) is 0 Å². The van der Waals surface area contributed by atoms with Gasteiger partial charge >= 0.3 is 0 Å². The molecule has 3 rings (SSSR count). The van der Waals surface area contributed by atoms with E-state index in [0.29, 0.717) is 25.4 Å². The van der Waals surface area contributed by atoms with Crippen LogP contribution in [0.3, 0.4) is 0 Å². The maximum atomic E-state index is 12.1. The highest BCUT2D eigenvalue weighted by molar-refractivity contribution is 7.92. The molecule has 3 aliphatic rings. The summed E-state index contributed by atoms with van der Waals surface area (Å²) in [5.74, 6) is 0.602. The maximum Gasteiger partial charge on any atom is 0.223 e. The van der Waals surface area contributed by atoms with Gasteiger partial charge in [-0.1, -0.05) is 0 Å². The fourth-order valence-electron chi connectivity index (χ4n) is 3.33. The second-order valence-corrected chi connectivity index (χ2v) is 8.25. The Balaban J connectivity index is 1.72. The minimum Gasteiger partial charge on any atom is -0.355 e. The van der Waals surface area contributed by atoms with Crippen molar-refractivity contribution in [2.24, 2.45) is 11.3 Å². The summed E-state index contributed by atoms with van der Waals surface area (Å²) < 4.78 is 24.2. The Hall–Kier alpha value is -0.620. The van der Waals surface area contributed by atoms with Crippen molar-refractivity contribution in [1.82, 2.24) is 10.6 Å². The van der Waals surface area contributed by atoms with Gasteiger partial charge in [0.05, 0.1) is 11.0 Å². The maximum absolute atomic E-state index is 12.1. The molecule has 3 fully saturated rings. The van der Waals surface area contributed by atoms with Crippen LogP contribution in [0.4, 0.5) is 0 Å². The van der Waals surface area contributed by atoms with Crippen LogP contribution < -0.4 is 10.6 Å². The van der Waals surface area contributed by atoms with E-state index in [0.717, 1.165) is 25.7 Å². The lowest BCUT2D eigenvalue weighted by Gasteiger charge is -2.38. The standard InChI is InChI=1S/C12H20N2O3S/c15-11(9-2-3-9)14-8-12-4-1-5-18(16,17)10(12)6-13-7-12/h9-10,13H,1-8H2,(H,14,15). The number of hydrogen-bond acceptors (Lipinski definition) is 4. The van der Waals surface area contributed by atoms with E-state index in [4.69, 9.17) is 0 Å². The molecule has 0 aromatic rings. The molecular formula is C12H20N2O3S. The van der Waals surface area contributed by atoms with Crippen molar-refractivity contribution >= 4 is 15.7 Å². The van der Waals surface area contributed by atoms with Gasteiger partial charge in [0.2, 0.25) is 5.91 Å². The van der Waals surface area contributed by atoms with Gasteiger partial charge in [-0.05, 0) is 25.7 Å². The number of hydrogen-bond donors (Lipinski definition) is 2. The zero-order valence-electron chi connectivity index (χ0n) is 10.4. The summed E-state index contributed by atoms with van der Waals surface area (Å²) in [5.41, 5.74) is -0.262. The van der Waals surface area contributed by atoms with Crippen LogP contribution in [0.1, 0.15) is 25.7 Å². The molecular weight excluding hydrogens is 252 g/mol. The first kappa shape index (κ1) is 12.4. The Morgan fingerprint density at radius 3 is 2.89 bits per heavy atom. The Labute approximate surface area is 108 Å². The first-order chi connectivity index (χ1) is 8.54. The molecule has 0 aromatic carbocycles. The van der Waals surface area contributed by atoms with Crippen LogP contribution in [0.5, 0.6) is 0 Å². The van der Waals surface area contributed by atoms with E-state index in [9.17, 15) is 13.2 Å². The SMILES string of the molecule is O=C(NCC12CCCS(=O)(=O)C1CNC2)C1CC1. The second kappa shape index (κ2) is 4.20. The summed E-state index contributed by atoms with van der Waals surface area (Å²) in [5, 5.41) is 5.86. The predicted molar refractivity (Wildman–Crippen MR) is 67.8 cm³/mol. The molecule has 0 spiro atoms. The number of sulfone groups is 1. The Morgan fingerprint density at radius 2 is 2.17 bits per heavy atom. The average molecular weight is 272 g/mol. The van der Waals surface area contributed by atoms with Crippen molar-refractivity contribution in [3.63, 3.8) is 0 Å². The molecule has 2 unspecified atom stereocenters. The topological polar surface area (TPSA) is 75.3 Å². The summed E-state index contributed by atoms with van der Waals surface area (Å²) in [7, 11) is -2.99. The third-order valence-electron chi connectivity index (χ3n) is 4.59. The lowest BCUT2D eigenvalue weighted by Crippen LogP contribution is -2.51. The number of carbonyl (C=O) groups is 1. The van der Waals surface area contributed by atoms with Crippen LogP contribution in [0.15, 0.2) is 0 Å². The number of fused-ring (bicyclic) bond motifs is 1. The monoisotopic (exact) mass is 272 g/mol. The molecule has 1 amide bonds. The van der Waals surface area contributed by atoms with Crippen molar-refractivity contribution in [3.8, 4) is 0 Å². The van der Waals surface area contributed by atoms with E-state index >= 15 is 0 Å².